The zero-order chi connectivity index (χ0) is 15.0. The van der Waals surface area contributed by atoms with Crippen molar-refractivity contribution in [1.29, 1.82) is 0 Å². The third-order valence-corrected chi connectivity index (χ3v) is 3.99. The van der Waals surface area contributed by atoms with Crippen molar-refractivity contribution in [2.75, 3.05) is 0 Å². The van der Waals surface area contributed by atoms with Gasteiger partial charge in [0.25, 0.3) is 5.92 Å². The second kappa shape index (κ2) is 3.50. The normalized spacial score (nSPS) is 30.0. The van der Waals surface area contributed by atoms with Gasteiger partial charge in [0.15, 0.2) is 5.69 Å². The molecule has 1 heterocycles. The molecule has 1 saturated carbocycles. The number of hydrogen-bond donors (Lipinski definition) is 1. The molecule has 0 amide bonds. The fraction of sp³-hybridized carbons (Fsp3) is 0.636. The Bertz CT molecular complexity index is 607. The predicted octanol–water partition coefficient (Wildman–Crippen LogP) is 2.44. The van der Waals surface area contributed by atoms with E-state index in [1.807, 2.05) is 0 Å². The minimum atomic E-state index is -4.87. The van der Waals surface area contributed by atoms with Crippen LogP contribution in [0.5, 0.6) is 0 Å². The van der Waals surface area contributed by atoms with E-state index >= 15 is 0 Å². The summed E-state index contributed by atoms with van der Waals surface area (Å²) in [5, 5.41) is 11.7. The third-order valence-electron chi connectivity index (χ3n) is 3.99. The number of aliphatic carboxylic acids is 1. The van der Waals surface area contributed by atoms with Gasteiger partial charge >= 0.3 is 12.1 Å². The van der Waals surface area contributed by atoms with Crippen molar-refractivity contribution in [2.45, 2.75) is 31.5 Å². The molecule has 0 saturated heterocycles. The Balaban J connectivity index is 2.21. The van der Waals surface area contributed by atoms with Crippen molar-refractivity contribution in [2.24, 2.45) is 11.8 Å². The fourth-order valence-corrected chi connectivity index (χ4v) is 3.21. The number of fused-ring (bicyclic) bond motifs is 3. The van der Waals surface area contributed by atoms with Crippen LogP contribution in [0.15, 0.2) is 0 Å². The SMILES string of the molecule is C[C@@H]1[C@@H]2c3c(C(F)(F)F)nn(CC(=O)O)c3C(F)(F)[C@H]12. The summed E-state index contributed by atoms with van der Waals surface area (Å²) >= 11 is 0. The molecule has 1 fully saturated rings. The molecule has 9 heteroatoms. The molecule has 3 atom stereocenters. The van der Waals surface area contributed by atoms with Crippen LogP contribution < -0.4 is 0 Å². The first-order valence-electron chi connectivity index (χ1n) is 5.84. The monoisotopic (exact) mass is 296 g/mol. The lowest BCUT2D eigenvalue weighted by Gasteiger charge is -2.15. The fourth-order valence-electron chi connectivity index (χ4n) is 3.21. The number of carboxylic acid groups (broad SMARTS) is 1. The molecule has 0 spiro atoms. The minimum absolute atomic E-state index is 0.277. The van der Waals surface area contributed by atoms with Crippen molar-refractivity contribution in [1.82, 2.24) is 9.78 Å². The summed E-state index contributed by atoms with van der Waals surface area (Å²) in [5.74, 6) is -7.61. The highest BCUT2D eigenvalue weighted by Crippen LogP contribution is 2.71. The Morgan fingerprint density at radius 3 is 2.55 bits per heavy atom. The van der Waals surface area contributed by atoms with Crippen LogP contribution >= 0.6 is 0 Å². The van der Waals surface area contributed by atoms with E-state index in [2.05, 4.69) is 5.10 Å². The molecule has 20 heavy (non-hydrogen) atoms. The van der Waals surface area contributed by atoms with Crippen molar-refractivity contribution in [3.05, 3.63) is 17.0 Å². The molecule has 2 aliphatic rings. The lowest BCUT2D eigenvalue weighted by Crippen LogP contribution is -2.23. The summed E-state index contributed by atoms with van der Waals surface area (Å²) in [5.41, 5.74) is -2.80. The smallest absolute Gasteiger partial charge is 0.435 e. The number of carbonyl (C=O) groups is 1. The first kappa shape index (κ1) is 13.3. The van der Waals surface area contributed by atoms with Crippen LogP contribution in [0.25, 0.3) is 0 Å². The van der Waals surface area contributed by atoms with Crippen molar-refractivity contribution >= 4 is 5.97 Å². The Labute approximate surface area is 109 Å². The maximum atomic E-state index is 14.1. The number of rotatable bonds is 2. The van der Waals surface area contributed by atoms with Crippen LogP contribution in [-0.2, 0) is 23.4 Å². The number of hydrogen-bond acceptors (Lipinski definition) is 2. The largest absolute Gasteiger partial charge is 0.480 e. The molecule has 3 rings (SSSR count). The van der Waals surface area contributed by atoms with Gasteiger partial charge in [-0.05, 0) is 5.92 Å². The average Bonchev–Trinajstić information content (AvgIpc) is 2.66. The number of alkyl halides is 5. The molecular formula is C11H9F5N2O2. The summed E-state index contributed by atoms with van der Waals surface area (Å²) in [6.45, 7) is 0.447. The van der Waals surface area contributed by atoms with Crippen LogP contribution in [0.1, 0.15) is 29.8 Å². The summed E-state index contributed by atoms with van der Waals surface area (Å²) in [6.07, 6.45) is -4.87. The zero-order valence-corrected chi connectivity index (χ0v) is 10.1. The van der Waals surface area contributed by atoms with Crippen LogP contribution in [0, 0.1) is 11.8 Å². The van der Waals surface area contributed by atoms with Gasteiger partial charge in [-0.3, -0.25) is 9.48 Å². The lowest BCUT2D eigenvalue weighted by molar-refractivity contribution is -0.143. The highest BCUT2D eigenvalue weighted by Gasteiger charge is 2.72. The van der Waals surface area contributed by atoms with Crippen LogP contribution in [0.2, 0.25) is 0 Å². The Kier molecular flexibility index (Phi) is 2.33. The Hall–Kier alpha value is -1.67. The summed E-state index contributed by atoms with van der Waals surface area (Å²) in [6, 6.07) is 0. The van der Waals surface area contributed by atoms with Gasteiger partial charge in [0.2, 0.25) is 0 Å². The Morgan fingerprint density at radius 2 is 2.05 bits per heavy atom. The summed E-state index contributed by atoms with van der Waals surface area (Å²) < 4.78 is 67.2. The molecule has 1 aromatic heterocycles. The molecule has 0 unspecified atom stereocenters. The van der Waals surface area contributed by atoms with Gasteiger partial charge in [0, 0.05) is 17.4 Å². The van der Waals surface area contributed by atoms with Crippen molar-refractivity contribution in [3.63, 3.8) is 0 Å². The summed E-state index contributed by atoms with van der Waals surface area (Å²) in [4.78, 5) is 10.6. The first-order valence-corrected chi connectivity index (χ1v) is 5.84. The highest BCUT2D eigenvalue weighted by molar-refractivity contribution is 5.67. The predicted molar refractivity (Wildman–Crippen MR) is 54.2 cm³/mol. The molecule has 0 bridgehead atoms. The standard InChI is InChI=1S/C11H9F5N2O2/c1-3-5-6-8(11(14,15)16)17-18(2-4(19)20)9(6)10(12,13)7(3)5/h3,5,7H,2H2,1H3,(H,19,20)/t3-,5-,7-/m1/s1. The van der Waals surface area contributed by atoms with Crippen LogP contribution in [0.4, 0.5) is 22.0 Å². The number of aromatic nitrogens is 2. The second-order valence-electron chi connectivity index (χ2n) is 5.19. The van der Waals surface area contributed by atoms with Gasteiger partial charge in [-0.2, -0.15) is 27.1 Å². The van der Waals surface area contributed by atoms with E-state index in [0.29, 0.717) is 0 Å². The van der Waals surface area contributed by atoms with E-state index < -0.39 is 59.3 Å². The molecule has 0 aromatic carbocycles. The van der Waals surface area contributed by atoms with E-state index in [-0.39, 0.29) is 4.68 Å². The van der Waals surface area contributed by atoms with Gasteiger partial charge in [0.05, 0.1) is 0 Å². The number of carboxylic acids is 1. The Morgan fingerprint density at radius 1 is 1.45 bits per heavy atom. The quantitative estimate of drug-likeness (QED) is 0.853. The van der Waals surface area contributed by atoms with Gasteiger partial charge in [-0.15, -0.1) is 0 Å². The van der Waals surface area contributed by atoms with Gasteiger partial charge < -0.3 is 5.11 Å². The van der Waals surface area contributed by atoms with E-state index in [1.54, 1.807) is 0 Å². The van der Waals surface area contributed by atoms with E-state index in [0.717, 1.165) is 0 Å². The lowest BCUT2D eigenvalue weighted by atomic mass is 10.1. The maximum Gasteiger partial charge on any atom is 0.435 e. The van der Waals surface area contributed by atoms with Crippen LogP contribution in [0.3, 0.4) is 0 Å². The van der Waals surface area contributed by atoms with E-state index in [4.69, 9.17) is 5.11 Å². The highest BCUT2D eigenvalue weighted by atomic mass is 19.4. The number of halogens is 5. The van der Waals surface area contributed by atoms with Gasteiger partial charge in [-0.25, -0.2) is 0 Å². The van der Waals surface area contributed by atoms with Gasteiger partial charge in [0.1, 0.15) is 12.2 Å². The molecule has 1 N–H and O–H groups in total. The average molecular weight is 296 g/mol. The second-order valence-corrected chi connectivity index (χ2v) is 5.19. The molecule has 110 valence electrons. The topological polar surface area (TPSA) is 55.1 Å². The molecule has 0 radical (unpaired) electrons. The van der Waals surface area contributed by atoms with Crippen LogP contribution in [-0.4, -0.2) is 20.9 Å². The molecular weight excluding hydrogens is 287 g/mol. The molecule has 2 aliphatic carbocycles. The molecule has 4 nitrogen and oxygen atoms in total. The zero-order valence-electron chi connectivity index (χ0n) is 10.1. The molecule has 1 aromatic rings. The summed E-state index contributed by atoms with van der Waals surface area (Å²) in [7, 11) is 0. The van der Waals surface area contributed by atoms with Crippen molar-refractivity contribution in [3.8, 4) is 0 Å². The number of nitrogens with zero attached hydrogens (tertiary/aromatic N) is 2. The third kappa shape index (κ3) is 1.52. The van der Waals surface area contributed by atoms with E-state index in [1.165, 1.54) is 6.92 Å². The minimum Gasteiger partial charge on any atom is -0.480 e. The van der Waals surface area contributed by atoms with Gasteiger partial charge in [-0.1, -0.05) is 6.92 Å². The first-order chi connectivity index (χ1) is 9.06. The van der Waals surface area contributed by atoms with Crippen molar-refractivity contribution < 1.29 is 31.9 Å². The molecule has 0 aliphatic heterocycles. The van der Waals surface area contributed by atoms with E-state index in [9.17, 15) is 26.7 Å². The maximum absolute atomic E-state index is 14.1.